The van der Waals surface area contributed by atoms with E-state index in [2.05, 4.69) is 0 Å². The van der Waals surface area contributed by atoms with Gasteiger partial charge in [0.1, 0.15) is 4.90 Å². The number of nitrogens with zero attached hydrogens (tertiary/aromatic N) is 2. The minimum Gasteiger partial charge on any atom is -0.478 e. The first kappa shape index (κ1) is 16.2. The molecule has 0 spiro atoms. The van der Waals surface area contributed by atoms with E-state index in [-0.39, 0.29) is 15.7 Å². The van der Waals surface area contributed by atoms with Crippen molar-refractivity contribution in [1.82, 2.24) is 0 Å². The fourth-order valence-corrected chi connectivity index (χ4v) is 3.90. The van der Waals surface area contributed by atoms with Gasteiger partial charge in [-0.1, -0.05) is 19.3 Å². The maximum absolute atomic E-state index is 11.4. The molecule has 118 valence electrons. The Morgan fingerprint density at radius 3 is 2.27 bits per heavy atom. The lowest BCUT2D eigenvalue weighted by Gasteiger charge is -2.21. The van der Waals surface area contributed by atoms with Crippen LogP contribution >= 0.6 is 11.8 Å². The van der Waals surface area contributed by atoms with Crippen molar-refractivity contribution in [3.63, 3.8) is 0 Å². The average Bonchev–Trinajstić information content (AvgIpc) is 2.47. The van der Waals surface area contributed by atoms with Crippen molar-refractivity contribution in [2.24, 2.45) is 0 Å². The van der Waals surface area contributed by atoms with Crippen molar-refractivity contribution in [3.8, 4) is 0 Å². The predicted octanol–water partition coefficient (Wildman–Crippen LogP) is 3.63. The number of non-ortho nitro benzene ring substituents is 1. The molecule has 22 heavy (non-hydrogen) atoms. The molecule has 0 unspecified atom stereocenters. The summed E-state index contributed by atoms with van der Waals surface area (Å²) in [5.41, 5.74) is -1.48. The van der Waals surface area contributed by atoms with Gasteiger partial charge in [-0.25, -0.2) is 4.79 Å². The van der Waals surface area contributed by atoms with Gasteiger partial charge in [-0.2, -0.15) is 0 Å². The summed E-state index contributed by atoms with van der Waals surface area (Å²) in [6.07, 6.45) is 4.82. The van der Waals surface area contributed by atoms with Crippen molar-refractivity contribution in [1.29, 1.82) is 0 Å². The molecule has 0 heterocycles. The Hall–Kier alpha value is -2.16. The lowest BCUT2D eigenvalue weighted by molar-refractivity contribution is -0.396. The number of aromatic carboxylic acids is 1. The van der Waals surface area contributed by atoms with Crippen LogP contribution in [-0.4, -0.2) is 26.2 Å². The van der Waals surface area contributed by atoms with Crippen molar-refractivity contribution in [3.05, 3.63) is 37.9 Å². The highest BCUT2D eigenvalue weighted by Gasteiger charge is 2.30. The molecule has 0 saturated heterocycles. The van der Waals surface area contributed by atoms with Crippen molar-refractivity contribution < 1.29 is 19.7 Å². The third-order valence-corrected chi connectivity index (χ3v) is 5.00. The molecule has 0 atom stereocenters. The molecule has 1 aliphatic carbocycles. The molecule has 1 saturated carbocycles. The first-order chi connectivity index (χ1) is 10.4. The minimum atomic E-state index is -1.40. The van der Waals surface area contributed by atoms with Gasteiger partial charge in [0, 0.05) is 11.3 Å². The van der Waals surface area contributed by atoms with Crippen LogP contribution in [0.4, 0.5) is 11.4 Å². The van der Waals surface area contributed by atoms with Crippen LogP contribution in [0.25, 0.3) is 0 Å². The second-order valence-electron chi connectivity index (χ2n) is 5.04. The van der Waals surface area contributed by atoms with Crippen LogP contribution in [0, 0.1) is 20.2 Å². The molecule has 1 N–H and O–H groups in total. The predicted molar refractivity (Wildman–Crippen MR) is 79.4 cm³/mol. The van der Waals surface area contributed by atoms with Crippen molar-refractivity contribution in [2.75, 3.05) is 0 Å². The maximum atomic E-state index is 11.4. The molecule has 0 aromatic heterocycles. The number of thioether (sulfide) groups is 1. The SMILES string of the molecule is O=C(O)c1cc([N+](=O)[O-])cc([N+](=O)[O-])c1SC1CCCCC1. The van der Waals surface area contributed by atoms with E-state index < -0.39 is 27.2 Å². The molecule has 0 bridgehead atoms. The van der Waals surface area contributed by atoms with Crippen LogP contribution in [0.15, 0.2) is 17.0 Å². The van der Waals surface area contributed by atoms with Crippen LogP contribution in [0.1, 0.15) is 42.5 Å². The van der Waals surface area contributed by atoms with E-state index in [0.29, 0.717) is 0 Å². The topological polar surface area (TPSA) is 124 Å². The molecule has 9 heteroatoms. The normalized spacial score (nSPS) is 15.5. The number of hydrogen-bond donors (Lipinski definition) is 1. The molecular weight excluding hydrogens is 312 g/mol. The Balaban J connectivity index is 2.50. The van der Waals surface area contributed by atoms with Gasteiger partial charge < -0.3 is 5.11 Å². The van der Waals surface area contributed by atoms with Crippen molar-refractivity contribution >= 4 is 29.1 Å². The first-order valence-electron chi connectivity index (χ1n) is 6.77. The Morgan fingerprint density at radius 1 is 1.14 bits per heavy atom. The van der Waals surface area contributed by atoms with Crippen LogP contribution in [0.3, 0.4) is 0 Å². The molecule has 2 rings (SSSR count). The Bertz CT molecular complexity index is 592. The zero-order valence-corrected chi connectivity index (χ0v) is 12.4. The van der Waals surface area contributed by atoms with Gasteiger partial charge in [-0.05, 0) is 12.8 Å². The lowest BCUT2D eigenvalue weighted by Crippen LogP contribution is -2.11. The third-order valence-electron chi connectivity index (χ3n) is 3.53. The number of benzene rings is 1. The van der Waals surface area contributed by atoms with Gasteiger partial charge in [0.15, 0.2) is 0 Å². The van der Waals surface area contributed by atoms with Gasteiger partial charge >= 0.3 is 5.97 Å². The number of carboxylic acids is 1. The number of nitro groups is 2. The molecule has 1 fully saturated rings. The van der Waals surface area contributed by atoms with Crippen LogP contribution in [0.2, 0.25) is 0 Å². The van der Waals surface area contributed by atoms with Gasteiger partial charge in [-0.15, -0.1) is 11.8 Å². The summed E-state index contributed by atoms with van der Waals surface area (Å²) < 4.78 is 0. The zero-order chi connectivity index (χ0) is 16.3. The summed E-state index contributed by atoms with van der Waals surface area (Å²) in [4.78, 5) is 31.8. The summed E-state index contributed by atoms with van der Waals surface area (Å²) in [5.74, 6) is -1.40. The van der Waals surface area contributed by atoms with E-state index in [1.165, 1.54) is 0 Å². The minimum absolute atomic E-state index is 0.00926. The molecule has 1 aromatic rings. The first-order valence-corrected chi connectivity index (χ1v) is 7.65. The molecular formula is C13H14N2O6S. The highest BCUT2D eigenvalue weighted by molar-refractivity contribution is 8.00. The van der Waals surface area contributed by atoms with E-state index in [9.17, 15) is 30.1 Å². The number of carbonyl (C=O) groups is 1. The number of carboxylic acid groups (broad SMARTS) is 1. The largest absolute Gasteiger partial charge is 0.478 e. The highest BCUT2D eigenvalue weighted by Crippen LogP contribution is 2.42. The summed E-state index contributed by atoms with van der Waals surface area (Å²) in [5, 5.41) is 31.4. The maximum Gasteiger partial charge on any atom is 0.337 e. The second kappa shape index (κ2) is 6.73. The van der Waals surface area contributed by atoms with Gasteiger partial charge in [-0.3, -0.25) is 20.2 Å². The van der Waals surface area contributed by atoms with Crippen LogP contribution < -0.4 is 0 Å². The quantitative estimate of drug-likeness (QED) is 0.647. The zero-order valence-electron chi connectivity index (χ0n) is 11.6. The smallest absolute Gasteiger partial charge is 0.337 e. The fraction of sp³-hybridized carbons (Fsp3) is 0.462. The Morgan fingerprint density at radius 2 is 1.77 bits per heavy atom. The van der Waals surface area contributed by atoms with E-state index in [0.717, 1.165) is 56.0 Å². The number of hydrogen-bond acceptors (Lipinski definition) is 6. The van der Waals surface area contributed by atoms with Crippen LogP contribution in [0.5, 0.6) is 0 Å². The van der Waals surface area contributed by atoms with Gasteiger partial charge in [0.05, 0.1) is 21.5 Å². The molecule has 0 radical (unpaired) electrons. The average molecular weight is 326 g/mol. The highest BCUT2D eigenvalue weighted by atomic mass is 32.2. The lowest BCUT2D eigenvalue weighted by atomic mass is 10.0. The van der Waals surface area contributed by atoms with E-state index in [4.69, 9.17) is 0 Å². The summed E-state index contributed by atoms with van der Waals surface area (Å²) in [7, 11) is 0. The van der Waals surface area contributed by atoms with E-state index >= 15 is 0 Å². The summed E-state index contributed by atoms with van der Waals surface area (Å²) >= 11 is 1.15. The fourth-order valence-electron chi connectivity index (χ4n) is 2.47. The number of rotatable bonds is 5. The number of nitro benzene ring substituents is 2. The van der Waals surface area contributed by atoms with Crippen molar-refractivity contribution in [2.45, 2.75) is 42.2 Å². The third kappa shape index (κ3) is 3.53. The monoisotopic (exact) mass is 326 g/mol. The summed E-state index contributed by atoms with van der Waals surface area (Å²) in [6.45, 7) is 0. The molecule has 8 nitrogen and oxygen atoms in total. The second-order valence-corrected chi connectivity index (χ2v) is 6.35. The Labute approximate surface area is 129 Å². The van der Waals surface area contributed by atoms with E-state index in [1.54, 1.807) is 0 Å². The Kier molecular flexibility index (Phi) is 4.96. The van der Waals surface area contributed by atoms with E-state index in [1.807, 2.05) is 0 Å². The van der Waals surface area contributed by atoms with Crippen LogP contribution in [-0.2, 0) is 0 Å². The molecule has 1 aliphatic rings. The summed E-state index contributed by atoms with van der Waals surface area (Å²) in [6, 6.07) is 1.72. The molecule has 0 aliphatic heterocycles. The van der Waals surface area contributed by atoms with Gasteiger partial charge in [0.25, 0.3) is 11.4 Å². The molecule has 1 aromatic carbocycles. The molecule has 0 amide bonds. The standard InChI is InChI=1S/C13H14N2O6S/c16-13(17)10-6-8(14(18)19)7-11(15(20)21)12(10)22-9-4-2-1-3-5-9/h6-7,9H,1-5H2,(H,16,17). The van der Waals surface area contributed by atoms with Gasteiger partial charge in [0.2, 0.25) is 0 Å².